The van der Waals surface area contributed by atoms with Gasteiger partial charge in [-0.3, -0.25) is 14.5 Å². The van der Waals surface area contributed by atoms with E-state index in [0.717, 1.165) is 25.7 Å². The highest BCUT2D eigenvalue weighted by atomic mass is 32.2. The Morgan fingerprint density at radius 1 is 1.42 bits per heavy atom. The Morgan fingerprint density at radius 2 is 2.21 bits per heavy atom. The monoisotopic (exact) mass is 278 g/mol. The summed E-state index contributed by atoms with van der Waals surface area (Å²) in [4.78, 5) is 17.3. The molecule has 19 heavy (non-hydrogen) atoms. The lowest BCUT2D eigenvalue weighted by Crippen LogP contribution is -2.28. The summed E-state index contributed by atoms with van der Waals surface area (Å²) in [6.07, 6.45) is 5.85. The Kier molecular flexibility index (Phi) is 3.75. The summed E-state index contributed by atoms with van der Waals surface area (Å²) < 4.78 is 8.32. The van der Waals surface area contributed by atoms with E-state index in [9.17, 15) is 4.79 Å². The number of nitrogens with zero attached hydrogens (tertiary/aromatic N) is 1. The van der Waals surface area contributed by atoms with E-state index >= 15 is 0 Å². The molecule has 0 aromatic carbocycles. The van der Waals surface area contributed by atoms with Crippen LogP contribution in [0.1, 0.15) is 37.4 Å². The van der Waals surface area contributed by atoms with E-state index in [-0.39, 0.29) is 11.9 Å². The number of carbonyl (C=O) groups excluding carboxylic acids is 1. The molecule has 102 valence electrons. The summed E-state index contributed by atoms with van der Waals surface area (Å²) in [5.74, 6) is 0.619. The highest BCUT2D eigenvalue weighted by Gasteiger charge is 2.35. The summed E-state index contributed by atoms with van der Waals surface area (Å²) in [6.45, 7) is 0. The minimum Gasteiger partial charge on any atom is -0.469 e. The van der Waals surface area contributed by atoms with Crippen molar-refractivity contribution in [2.75, 3.05) is 7.11 Å². The highest BCUT2D eigenvalue weighted by Crippen LogP contribution is 2.43. The molecule has 0 saturated heterocycles. The Morgan fingerprint density at radius 3 is 2.95 bits per heavy atom. The SMILES string of the molecule is COC(=O)C1CCC(C2NSc3cccnc32)CC1. The van der Waals surface area contributed by atoms with E-state index in [1.165, 1.54) is 17.7 Å². The van der Waals surface area contributed by atoms with Crippen molar-refractivity contribution in [1.82, 2.24) is 9.71 Å². The molecule has 1 atom stereocenters. The van der Waals surface area contributed by atoms with Gasteiger partial charge in [0.2, 0.25) is 0 Å². The summed E-state index contributed by atoms with van der Waals surface area (Å²) in [5.41, 5.74) is 1.18. The number of pyridine rings is 1. The van der Waals surface area contributed by atoms with Gasteiger partial charge in [0.25, 0.3) is 0 Å². The number of esters is 1. The molecule has 1 aliphatic carbocycles. The molecular weight excluding hydrogens is 260 g/mol. The van der Waals surface area contributed by atoms with Gasteiger partial charge in [-0.15, -0.1) is 0 Å². The van der Waals surface area contributed by atoms with Crippen LogP contribution in [0.4, 0.5) is 0 Å². The second-order valence-electron chi connectivity index (χ2n) is 5.22. The van der Waals surface area contributed by atoms with Crippen molar-refractivity contribution in [3.8, 4) is 0 Å². The van der Waals surface area contributed by atoms with Crippen LogP contribution < -0.4 is 4.72 Å². The summed E-state index contributed by atoms with van der Waals surface area (Å²) in [7, 11) is 1.48. The predicted molar refractivity (Wildman–Crippen MR) is 73.4 cm³/mol. The number of hydrogen-bond donors (Lipinski definition) is 1. The number of rotatable bonds is 2. The number of ether oxygens (including phenoxy) is 1. The van der Waals surface area contributed by atoms with Gasteiger partial charge in [0, 0.05) is 11.1 Å². The van der Waals surface area contributed by atoms with Crippen LogP contribution in [0, 0.1) is 11.8 Å². The van der Waals surface area contributed by atoms with Gasteiger partial charge in [-0.05, 0) is 55.7 Å². The molecule has 0 bridgehead atoms. The van der Waals surface area contributed by atoms with E-state index in [0.29, 0.717) is 12.0 Å². The van der Waals surface area contributed by atoms with Crippen LogP contribution in [0.25, 0.3) is 0 Å². The Hall–Kier alpha value is -1.07. The average molecular weight is 278 g/mol. The van der Waals surface area contributed by atoms with Gasteiger partial charge >= 0.3 is 5.97 Å². The van der Waals surface area contributed by atoms with Crippen molar-refractivity contribution in [3.05, 3.63) is 24.0 Å². The molecule has 4 nitrogen and oxygen atoms in total. The van der Waals surface area contributed by atoms with Crippen molar-refractivity contribution in [3.63, 3.8) is 0 Å². The first-order valence-electron chi connectivity index (χ1n) is 6.74. The van der Waals surface area contributed by atoms with Crippen molar-refractivity contribution >= 4 is 17.9 Å². The molecule has 1 saturated carbocycles. The van der Waals surface area contributed by atoms with E-state index in [4.69, 9.17) is 4.74 Å². The average Bonchev–Trinajstić information content (AvgIpc) is 2.90. The third-order valence-electron chi connectivity index (χ3n) is 4.17. The maximum atomic E-state index is 11.5. The summed E-state index contributed by atoms with van der Waals surface area (Å²) in [5, 5.41) is 0. The van der Waals surface area contributed by atoms with Gasteiger partial charge in [0.1, 0.15) is 0 Å². The first-order chi connectivity index (χ1) is 9.29. The largest absolute Gasteiger partial charge is 0.469 e. The zero-order chi connectivity index (χ0) is 13.2. The maximum Gasteiger partial charge on any atom is 0.308 e. The lowest BCUT2D eigenvalue weighted by atomic mass is 9.78. The van der Waals surface area contributed by atoms with E-state index in [1.807, 2.05) is 12.3 Å². The van der Waals surface area contributed by atoms with Gasteiger partial charge in [-0.2, -0.15) is 0 Å². The van der Waals surface area contributed by atoms with Crippen molar-refractivity contribution in [2.45, 2.75) is 36.6 Å². The normalized spacial score (nSPS) is 29.8. The molecular formula is C14H18N2O2S. The smallest absolute Gasteiger partial charge is 0.308 e. The fraction of sp³-hybridized carbons (Fsp3) is 0.571. The molecule has 1 aromatic heterocycles. The first kappa shape index (κ1) is 12.9. The molecule has 3 rings (SSSR count). The van der Waals surface area contributed by atoms with E-state index < -0.39 is 0 Å². The summed E-state index contributed by atoms with van der Waals surface area (Å²) >= 11 is 1.68. The predicted octanol–water partition coefficient (Wildman–Crippen LogP) is 2.71. The molecule has 1 N–H and O–H groups in total. The Labute approximate surface area is 117 Å². The van der Waals surface area contributed by atoms with Crippen LogP contribution >= 0.6 is 11.9 Å². The molecule has 0 amide bonds. The third kappa shape index (κ3) is 2.49. The van der Waals surface area contributed by atoms with E-state index in [2.05, 4.69) is 15.8 Å². The first-order valence-corrected chi connectivity index (χ1v) is 7.56. The summed E-state index contributed by atoms with van der Waals surface area (Å²) in [6, 6.07) is 4.42. The van der Waals surface area contributed by atoms with Gasteiger partial charge < -0.3 is 4.74 Å². The van der Waals surface area contributed by atoms with Gasteiger partial charge in [-0.1, -0.05) is 0 Å². The zero-order valence-electron chi connectivity index (χ0n) is 11.0. The van der Waals surface area contributed by atoms with Crippen LogP contribution in [-0.4, -0.2) is 18.1 Å². The molecule has 5 heteroatoms. The van der Waals surface area contributed by atoms with Crippen LogP contribution in [0.15, 0.2) is 23.2 Å². The number of hydrogen-bond acceptors (Lipinski definition) is 5. The Balaban J connectivity index is 1.65. The van der Waals surface area contributed by atoms with Crippen LogP contribution in [-0.2, 0) is 9.53 Å². The topological polar surface area (TPSA) is 51.2 Å². The van der Waals surface area contributed by atoms with E-state index in [1.54, 1.807) is 11.9 Å². The van der Waals surface area contributed by atoms with Gasteiger partial charge in [0.15, 0.2) is 0 Å². The lowest BCUT2D eigenvalue weighted by molar-refractivity contribution is -0.146. The quantitative estimate of drug-likeness (QED) is 0.666. The molecule has 0 spiro atoms. The number of methoxy groups -OCH3 is 1. The molecule has 0 radical (unpaired) electrons. The number of nitrogens with one attached hydrogen (secondary N) is 1. The molecule has 2 heterocycles. The maximum absolute atomic E-state index is 11.5. The number of carbonyl (C=O) groups is 1. The van der Waals surface area contributed by atoms with Crippen molar-refractivity contribution < 1.29 is 9.53 Å². The number of fused-ring (bicyclic) bond motifs is 1. The van der Waals surface area contributed by atoms with Crippen LogP contribution in [0.3, 0.4) is 0 Å². The molecule has 1 aliphatic heterocycles. The third-order valence-corrected chi connectivity index (χ3v) is 5.10. The zero-order valence-corrected chi connectivity index (χ0v) is 11.8. The Bertz CT molecular complexity index is 472. The van der Waals surface area contributed by atoms with Crippen LogP contribution in [0.5, 0.6) is 0 Å². The standard InChI is InChI=1S/C14H18N2O2S/c1-18-14(17)10-6-4-9(5-7-10)12-13-11(19-16-12)3-2-8-15-13/h2-3,8-10,12,16H,4-7H2,1H3. The molecule has 1 aromatic rings. The van der Waals surface area contributed by atoms with Gasteiger partial charge in [-0.25, -0.2) is 0 Å². The molecule has 1 unspecified atom stereocenters. The fourth-order valence-corrected chi connectivity index (χ4v) is 4.07. The fourth-order valence-electron chi connectivity index (χ4n) is 3.08. The van der Waals surface area contributed by atoms with Gasteiger partial charge in [0.05, 0.1) is 24.8 Å². The minimum atomic E-state index is -0.0502. The highest BCUT2D eigenvalue weighted by molar-refractivity contribution is 7.97. The van der Waals surface area contributed by atoms with Crippen LogP contribution in [0.2, 0.25) is 0 Å². The second-order valence-corrected chi connectivity index (χ2v) is 6.10. The number of aromatic nitrogens is 1. The molecule has 1 fully saturated rings. The minimum absolute atomic E-state index is 0.0502. The van der Waals surface area contributed by atoms with Crippen molar-refractivity contribution in [2.24, 2.45) is 11.8 Å². The lowest BCUT2D eigenvalue weighted by Gasteiger charge is -2.30. The van der Waals surface area contributed by atoms with Crippen molar-refractivity contribution in [1.29, 1.82) is 0 Å². The molecule has 2 aliphatic rings. The second kappa shape index (κ2) is 5.51.